The number of aromatic nitrogens is 4. The number of hydrogen-bond donors (Lipinski definition) is 1. The van der Waals surface area contributed by atoms with E-state index in [9.17, 15) is 19.5 Å². The number of carbonyl (C=O) groups excluding carboxylic acids is 1. The van der Waals surface area contributed by atoms with Gasteiger partial charge < -0.3 is 10.0 Å². The Kier molecular flexibility index (Phi) is 5.06. The molecule has 0 bridgehead atoms. The first-order valence-corrected chi connectivity index (χ1v) is 11.5. The molecule has 1 aliphatic heterocycles. The first-order chi connectivity index (χ1) is 15.4. The zero-order chi connectivity index (χ0) is 22.4. The van der Waals surface area contributed by atoms with E-state index in [1.165, 1.54) is 28.9 Å². The smallest absolute Gasteiger partial charge is 0.341 e. The molecule has 162 valence electrons. The molecule has 0 aliphatic carbocycles. The van der Waals surface area contributed by atoms with Crippen LogP contribution in [0.1, 0.15) is 20.9 Å². The third kappa shape index (κ3) is 3.49. The molecule has 1 saturated heterocycles. The third-order valence-corrected chi connectivity index (χ3v) is 7.02. The molecule has 0 atom stereocenters. The van der Waals surface area contributed by atoms with E-state index in [0.29, 0.717) is 41.7 Å². The zero-order valence-electron chi connectivity index (χ0n) is 16.9. The summed E-state index contributed by atoms with van der Waals surface area (Å²) < 4.78 is 1.55. The summed E-state index contributed by atoms with van der Waals surface area (Å²) in [4.78, 5) is 52.1. The van der Waals surface area contributed by atoms with Crippen molar-refractivity contribution in [1.82, 2.24) is 19.5 Å². The molecular weight excluding hydrogens is 450 g/mol. The van der Waals surface area contributed by atoms with Gasteiger partial charge in [0.1, 0.15) is 17.2 Å². The molecule has 0 aromatic carbocycles. The molecule has 0 amide bonds. The van der Waals surface area contributed by atoms with Gasteiger partial charge in [0.2, 0.25) is 5.43 Å². The molecule has 9 nitrogen and oxygen atoms in total. The van der Waals surface area contributed by atoms with Gasteiger partial charge in [0, 0.05) is 42.4 Å². The number of aromatic carboxylic acids is 1. The normalized spacial score (nSPS) is 14.0. The number of Topliss-reactive ketones (excluding diaryl/α,β-unsaturated/α-hetero) is 1. The molecule has 0 radical (unpaired) electrons. The van der Waals surface area contributed by atoms with Crippen LogP contribution in [-0.2, 0) is 11.2 Å². The number of carboxylic acids is 1. The number of carboxylic acid groups (broad SMARTS) is 1. The van der Waals surface area contributed by atoms with Crippen molar-refractivity contribution in [3.63, 3.8) is 0 Å². The molecular formula is C21H17N5O4S2. The van der Waals surface area contributed by atoms with Gasteiger partial charge >= 0.3 is 5.97 Å². The number of carbonyl (C=O) groups is 2. The van der Waals surface area contributed by atoms with Crippen LogP contribution < -0.4 is 10.3 Å². The number of anilines is 1. The van der Waals surface area contributed by atoms with Crippen molar-refractivity contribution >= 4 is 51.3 Å². The largest absolute Gasteiger partial charge is 0.477 e. The molecule has 32 heavy (non-hydrogen) atoms. The summed E-state index contributed by atoms with van der Waals surface area (Å²) in [5.41, 5.74) is 0.0718. The van der Waals surface area contributed by atoms with Crippen LogP contribution in [0.4, 0.5) is 5.82 Å². The lowest BCUT2D eigenvalue weighted by molar-refractivity contribution is -0.122. The number of fused-ring (bicyclic) bond motifs is 1. The minimum atomic E-state index is -1.30. The van der Waals surface area contributed by atoms with E-state index < -0.39 is 11.4 Å². The lowest BCUT2D eigenvalue weighted by Gasteiger charge is -2.39. The van der Waals surface area contributed by atoms with Crippen LogP contribution >= 0.6 is 22.7 Å². The van der Waals surface area contributed by atoms with E-state index in [-0.39, 0.29) is 22.7 Å². The van der Waals surface area contributed by atoms with Crippen molar-refractivity contribution in [2.75, 3.05) is 18.0 Å². The lowest BCUT2D eigenvalue weighted by Crippen LogP contribution is -2.51. The van der Waals surface area contributed by atoms with Crippen LogP contribution in [0.3, 0.4) is 0 Å². The maximum Gasteiger partial charge on any atom is 0.341 e. The standard InChI is InChI=1S/C21H17N5O4S2/c1-11-6-15(25-8-12(9-25)14(27)7-16-22-2-4-31-16)24-19-17(11)18(28)13(20(29)30)10-26(19)21-23-3-5-32-21/h2-6,10,12H,7-9H2,1H3,(H,29,30). The monoisotopic (exact) mass is 467 g/mol. The molecule has 4 aromatic heterocycles. The molecule has 5 heterocycles. The fourth-order valence-electron chi connectivity index (χ4n) is 3.78. The van der Waals surface area contributed by atoms with E-state index in [2.05, 4.69) is 15.0 Å². The van der Waals surface area contributed by atoms with E-state index >= 15 is 0 Å². The number of nitrogens with zero attached hydrogens (tertiary/aromatic N) is 5. The summed E-state index contributed by atoms with van der Waals surface area (Å²) in [6.07, 6.45) is 4.91. The summed E-state index contributed by atoms with van der Waals surface area (Å²) in [5.74, 6) is -0.595. The highest BCUT2D eigenvalue weighted by Crippen LogP contribution is 2.29. The van der Waals surface area contributed by atoms with Crippen molar-refractivity contribution in [2.24, 2.45) is 5.92 Å². The molecule has 1 aliphatic rings. The Bertz CT molecular complexity index is 1390. The lowest BCUT2D eigenvalue weighted by atomic mass is 9.93. The second kappa shape index (κ2) is 7.92. The predicted molar refractivity (Wildman–Crippen MR) is 121 cm³/mol. The average molecular weight is 468 g/mol. The van der Waals surface area contributed by atoms with Gasteiger partial charge in [0.05, 0.1) is 22.7 Å². The number of ketones is 1. The van der Waals surface area contributed by atoms with Gasteiger partial charge in [-0.15, -0.1) is 22.7 Å². The maximum absolute atomic E-state index is 12.9. The summed E-state index contributed by atoms with van der Waals surface area (Å²) in [6.45, 7) is 2.84. The highest BCUT2D eigenvalue weighted by atomic mass is 32.1. The van der Waals surface area contributed by atoms with Crippen LogP contribution in [0.25, 0.3) is 16.2 Å². The van der Waals surface area contributed by atoms with E-state index in [0.717, 1.165) is 5.01 Å². The van der Waals surface area contributed by atoms with Crippen molar-refractivity contribution < 1.29 is 14.7 Å². The van der Waals surface area contributed by atoms with Gasteiger partial charge in [-0.05, 0) is 18.6 Å². The Morgan fingerprint density at radius 2 is 1.94 bits per heavy atom. The summed E-state index contributed by atoms with van der Waals surface area (Å²) in [7, 11) is 0. The second-order valence-electron chi connectivity index (χ2n) is 7.53. The van der Waals surface area contributed by atoms with Crippen LogP contribution in [-0.4, -0.2) is 49.5 Å². The number of thiazole rings is 2. The second-order valence-corrected chi connectivity index (χ2v) is 9.38. The fourth-order valence-corrected chi connectivity index (χ4v) is 5.02. The van der Waals surface area contributed by atoms with Gasteiger partial charge in [-0.25, -0.2) is 19.7 Å². The molecule has 5 rings (SSSR count). The average Bonchev–Trinajstić information content (AvgIpc) is 3.40. The Morgan fingerprint density at radius 1 is 1.19 bits per heavy atom. The number of hydrogen-bond acceptors (Lipinski definition) is 9. The van der Waals surface area contributed by atoms with Crippen LogP contribution in [0.2, 0.25) is 0 Å². The maximum atomic E-state index is 12.9. The van der Waals surface area contributed by atoms with Gasteiger partial charge in [0.25, 0.3) is 0 Å². The Morgan fingerprint density at radius 3 is 2.59 bits per heavy atom. The highest BCUT2D eigenvalue weighted by molar-refractivity contribution is 7.12. The van der Waals surface area contributed by atoms with Crippen molar-refractivity contribution in [2.45, 2.75) is 13.3 Å². The van der Waals surface area contributed by atoms with Crippen LogP contribution in [0, 0.1) is 12.8 Å². The molecule has 1 fully saturated rings. The van der Waals surface area contributed by atoms with E-state index in [1.54, 1.807) is 35.3 Å². The Labute approximate surface area is 189 Å². The number of aryl methyl sites for hydroxylation is 1. The number of pyridine rings is 2. The minimum Gasteiger partial charge on any atom is -0.477 e. The van der Waals surface area contributed by atoms with Gasteiger partial charge in [-0.1, -0.05) is 0 Å². The molecule has 1 N–H and O–H groups in total. The minimum absolute atomic E-state index is 0.0905. The summed E-state index contributed by atoms with van der Waals surface area (Å²) >= 11 is 2.79. The van der Waals surface area contributed by atoms with Gasteiger partial charge in [-0.2, -0.15) is 0 Å². The topological polar surface area (TPSA) is 118 Å². The van der Waals surface area contributed by atoms with Crippen molar-refractivity contribution in [3.8, 4) is 5.13 Å². The van der Waals surface area contributed by atoms with E-state index in [1.807, 2.05) is 10.3 Å². The third-order valence-electron chi connectivity index (χ3n) is 5.47. The van der Waals surface area contributed by atoms with Gasteiger partial charge in [0.15, 0.2) is 10.8 Å². The summed E-state index contributed by atoms with van der Waals surface area (Å²) in [5, 5.41) is 14.7. The highest BCUT2D eigenvalue weighted by Gasteiger charge is 2.34. The molecule has 4 aromatic rings. The Balaban J connectivity index is 1.50. The van der Waals surface area contributed by atoms with E-state index in [4.69, 9.17) is 0 Å². The van der Waals surface area contributed by atoms with Crippen LogP contribution in [0.15, 0.2) is 40.2 Å². The quantitative estimate of drug-likeness (QED) is 0.460. The zero-order valence-corrected chi connectivity index (χ0v) is 18.5. The fraction of sp³-hybridized carbons (Fsp3) is 0.238. The Hall–Kier alpha value is -3.44. The first kappa shape index (κ1) is 20.5. The van der Waals surface area contributed by atoms with Crippen molar-refractivity contribution in [1.29, 1.82) is 0 Å². The molecule has 11 heteroatoms. The first-order valence-electron chi connectivity index (χ1n) is 9.78. The van der Waals surface area contributed by atoms with Crippen molar-refractivity contribution in [3.05, 3.63) is 61.8 Å². The number of rotatable bonds is 6. The molecule has 0 saturated carbocycles. The SMILES string of the molecule is Cc1cc(N2CC(C(=O)Cc3nccs3)C2)nc2c1c(=O)c(C(=O)O)cn2-c1nccs1. The molecule has 0 unspecified atom stereocenters. The van der Waals surface area contributed by atoms with Gasteiger partial charge in [-0.3, -0.25) is 14.2 Å². The predicted octanol–water partition coefficient (Wildman–Crippen LogP) is 2.55. The van der Waals surface area contributed by atoms with Crippen LogP contribution in [0.5, 0.6) is 0 Å². The summed E-state index contributed by atoms with van der Waals surface area (Å²) in [6, 6.07) is 1.77. The molecule has 0 spiro atoms.